The van der Waals surface area contributed by atoms with Crippen LogP contribution in [-0.4, -0.2) is 26.1 Å². The summed E-state index contributed by atoms with van der Waals surface area (Å²) in [7, 11) is 2.82. The molecule has 1 atom stereocenters. The van der Waals surface area contributed by atoms with Crippen molar-refractivity contribution in [1.29, 1.82) is 0 Å². The van der Waals surface area contributed by atoms with E-state index in [4.69, 9.17) is 9.47 Å². The maximum absolute atomic E-state index is 14.0. The van der Waals surface area contributed by atoms with Crippen molar-refractivity contribution in [3.63, 3.8) is 0 Å². The van der Waals surface area contributed by atoms with Crippen molar-refractivity contribution in [3.8, 4) is 5.75 Å². The summed E-state index contributed by atoms with van der Waals surface area (Å²) in [6, 6.07) is 4.51. The van der Waals surface area contributed by atoms with Crippen LogP contribution in [0.4, 0.5) is 4.39 Å². The molecule has 0 heterocycles. The molecule has 1 aromatic carbocycles. The average Bonchev–Trinajstić information content (AvgIpc) is 2.28. The number of Topliss-reactive ketones (excluding diaryl/α,β-unsaturated/α-hetero) is 1. The fraction of sp³-hybridized carbons (Fsp3) is 0.500. The predicted molar refractivity (Wildman–Crippen MR) is 67.5 cm³/mol. The van der Waals surface area contributed by atoms with Crippen LogP contribution in [-0.2, 0) is 4.74 Å². The van der Waals surface area contributed by atoms with E-state index < -0.39 is 17.3 Å². The van der Waals surface area contributed by atoms with Gasteiger partial charge in [-0.25, -0.2) is 4.39 Å². The molecular weight excluding hydrogens is 235 g/mol. The number of ketones is 1. The van der Waals surface area contributed by atoms with Gasteiger partial charge in [0.15, 0.2) is 17.3 Å². The third kappa shape index (κ3) is 2.88. The van der Waals surface area contributed by atoms with Crippen molar-refractivity contribution in [1.82, 2.24) is 0 Å². The van der Waals surface area contributed by atoms with E-state index in [0.717, 1.165) is 0 Å². The number of hydrogen-bond donors (Lipinski definition) is 0. The molecule has 3 nitrogen and oxygen atoms in total. The van der Waals surface area contributed by atoms with Crippen LogP contribution in [0.25, 0.3) is 0 Å². The minimum Gasteiger partial charge on any atom is -0.494 e. The van der Waals surface area contributed by atoms with Crippen molar-refractivity contribution < 1.29 is 18.7 Å². The summed E-state index contributed by atoms with van der Waals surface area (Å²) in [4.78, 5) is 12.3. The van der Waals surface area contributed by atoms with Crippen molar-refractivity contribution in [2.24, 2.45) is 5.41 Å². The molecule has 18 heavy (non-hydrogen) atoms. The Morgan fingerprint density at radius 3 is 2.33 bits per heavy atom. The van der Waals surface area contributed by atoms with Crippen LogP contribution in [0.1, 0.15) is 31.1 Å². The summed E-state index contributed by atoms with van der Waals surface area (Å²) >= 11 is 0. The second kappa shape index (κ2) is 5.48. The van der Waals surface area contributed by atoms with Crippen LogP contribution in [0.5, 0.6) is 5.75 Å². The normalized spacial score (nSPS) is 13.2. The van der Waals surface area contributed by atoms with Gasteiger partial charge in [0, 0.05) is 7.11 Å². The van der Waals surface area contributed by atoms with Gasteiger partial charge >= 0.3 is 0 Å². The number of methoxy groups -OCH3 is 2. The van der Waals surface area contributed by atoms with Crippen molar-refractivity contribution >= 4 is 5.78 Å². The van der Waals surface area contributed by atoms with Crippen LogP contribution < -0.4 is 4.74 Å². The average molecular weight is 254 g/mol. The van der Waals surface area contributed by atoms with Crippen LogP contribution in [0.15, 0.2) is 18.2 Å². The largest absolute Gasteiger partial charge is 0.494 e. The van der Waals surface area contributed by atoms with Gasteiger partial charge in [-0.1, -0.05) is 26.8 Å². The molecule has 0 aliphatic rings. The van der Waals surface area contributed by atoms with E-state index in [-0.39, 0.29) is 17.1 Å². The molecule has 0 aliphatic carbocycles. The lowest BCUT2D eigenvalue weighted by molar-refractivity contribution is 0.0192. The molecule has 0 amide bonds. The second-order valence-corrected chi connectivity index (χ2v) is 5.17. The van der Waals surface area contributed by atoms with E-state index in [2.05, 4.69) is 0 Å². The van der Waals surface area contributed by atoms with Crippen LogP contribution >= 0.6 is 0 Å². The highest BCUT2D eigenvalue weighted by atomic mass is 19.1. The Kier molecular flexibility index (Phi) is 4.46. The topological polar surface area (TPSA) is 35.5 Å². The van der Waals surface area contributed by atoms with Gasteiger partial charge in [-0.05, 0) is 17.5 Å². The SMILES string of the molecule is COc1cccc(C(=O)C(OC)C(C)(C)C)c1F. The molecule has 0 aromatic heterocycles. The Morgan fingerprint density at radius 2 is 1.89 bits per heavy atom. The molecule has 0 radical (unpaired) electrons. The molecule has 0 bridgehead atoms. The zero-order chi connectivity index (χ0) is 13.9. The number of carbonyl (C=O) groups is 1. The number of benzene rings is 1. The highest BCUT2D eigenvalue weighted by molar-refractivity contribution is 6.00. The number of ether oxygens (including phenoxy) is 2. The molecule has 1 rings (SSSR count). The zero-order valence-electron chi connectivity index (χ0n) is 11.4. The molecule has 0 N–H and O–H groups in total. The number of halogens is 1. The minimum atomic E-state index is -0.695. The summed E-state index contributed by atoms with van der Waals surface area (Å²) in [5.74, 6) is -0.956. The molecule has 1 aromatic rings. The summed E-state index contributed by atoms with van der Waals surface area (Å²) < 4.78 is 24.1. The first kappa shape index (κ1) is 14.6. The number of rotatable bonds is 4. The van der Waals surface area contributed by atoms with E-state index in [1.165, 1.54) is 26.4 Å². The summed E-state index contributed by atoms with van der Waals surface area (Å²) in [5.41, 5.74) is -0.405. The Bertz CT molecular complexity index is 435. The zero-order valence-corrected chi connectivity index (χ0v) is 11.4. The molecular formula is C14H19FO3. The first-order valence-corrected chi connectivity index (χ1v) is 5.72. The molecule has 0 fully saturated rings. The van der Waals surface area contributed by atoms with Gasteiger partial charge in [-0.15, -0.1) is 0 Å². The first-order chi connectivity index (χ1) is 8.32. The van der Waals surface area contributed by atoms with Crippen LogP contribution in [0.2, 0.25) is 0 Å². The molecule has 0 saturated carbocycles. The molecule has 0 spiro atoms. The lowest BCUT2D eigenvalue weighted by Crippen LogP contribution is -2.36. The summed E-state index contributed by atoms with van der Waals surface area (Å²) in [6.45, 7) is 5.62. The highest BCUT2D eigenvalue weighted by Gasteiger charge is 2.33. The maximum Gasteiger partial charge on any atom is 0.195 e. The standard InChI is InChI=1S/C14H19FO3/c1-14(2,3)13(18-5)12(16)9-7-6-8-10(17-4)11(9)15/h6-8,13H,1-5H3. The van der Waals surface area contributed by atoms with Crippen molar-refractivity contribution in [2.45, 2.75) is 26.9 Å². The van der Waals surface area contributed by atoms with Gasteiger partial charge < -0.3 is 9.47 Å². The maximum atomic E-state index is 14.0. The smallest absolute Gasteiger partial charge is 0.195 e. The minimum absolute atomic E-state index is 0.00359. The Hall–Kier alpha value is -1.42. The van der Waals surface area contributed by atoms with Crippen LogP contribution in [0, 0.1) is 11.2 Å². The van der Waals surface area contributed by atoms with Crippen molar-refractivity contribution in [2.75, 3.05) is 14.2 Å². The fourth-order valence-corrected chi connectivity index (χ4v) is 1.85. The molecule has 1 unspecified atom stereocenters. The van der Waals surface area contributed by atoms with E-state index in [1.807, 2.05) is 20.8 Å². The Labute approximate surface area is 107 Å². The monoisotopic (exact) mass is 254 g/mol. The lowest BCUT2D eigenvalue weighted by Gasteiger charge is -2.28. The quantitative estimate of drug-likeness (QED) is 0.775. The Balaban J connectivity index is 3.18. The molecule has 0 aliphatic heterocycles. The van der Waals surface area contributed by atoms with Gasteiger partial charge in [0.05, 0.1) is 12.7 Å². The third-order valence-electron chi connectivity index (χ3n) is 2.71. The molecule has 4 heteroatoms. The predicted octanol–water partition coefficient (Wildman–Crippen LogP) is 3.08. The lowest BCUT2D eigenvalue weighted by atomic mass is 9.84. The summed E-state index contributed by atoms with van der Waals surface area (Å²) in [6.07, 6.45) is -0.695. The Morgan fingerprint density at radius 1 is 1.28 bits per heavy atom. The van der Waals surface area contributed by atoms with Gasteiger partial charge in [-0.3, -0.25) is 4.79 Å². The van der Waals surface area contributed by atoms with Crippen LogP contribution in [0.3, 0.4) is 0 Å². The van der Waals surface area contributed by atoms with E-state index >= 15 is 0 Å². The van der Waals surface area contributed by atoms with E-state index in [1.54, 1.807) is 6.07 Å². The van der Waals surface area contributed by atoms with Gasteiger partial charge in [0.2, 0.25) is 0 Å². The van der Waals surface area contributed by atoms with Gasteiger partial charge in [0.1, 0.15) is 6.10 Å². The van der Waals surface area contributed by atoms with Gasteiger partial charge in [0.25, 0.3) is 0 Å². The second-order valence-electron chi connectivity index (χ2n) is 5.17. The molecule has 100 valence electrons. The molecule has 0 saturated heterocycles. The van der Waals surface area contributed by atoms with Crippen molar-refractivity contribution in [3.05, 3.63) is 29.6 Å². The third-order valence-corrected chi connectivity index (χ3v) is 2.71. The van der Waals surface area contributed by atoms with E-state index in [9.17, 15) is 9.18 Å². The number of carbonyl (C=O) groups excluding carboxylic acids is 1. The van der Waals surface area contributed by atoms with Gasteiger partial charge in [-0.2, -0.15) is 0 Å². The number of hydrogen-bond acceptors (Lipinski definition) is 3. The summed E-state index contributed by atoms with van der Waals surface area (Å²) in [5, 5.41) is 0. The first-order valence-electron chi connectivity index (χ1n) is 5.72. The highest BCUT2D eigenvalue weighted by Crippen LogP contribution is 2.28. The van der Waals surface area contributed by atoms with E-state index in [0.29, 0.717) is 0 Å². The fourth-order valence-electron chi connectivity index (χ4n) is 1.85.